The fraction of sp³-hybridized carbons (Fsp3) is 0.305. The first-order chi connectivity index (χ1) is 30.6. The molecule has 0 unspecified atom stereocenters. The molecule has 0 aliphatic carbocycles. The van der Waals surface area contributed by atoms with E-state index in [2.05, 4.69) is 227 Å². The molecule has 4 aliphatic rings. The van der Waals surface area contributed by atoms with E-state index < -0.39 is 0 Å². The molecule has 0 bridgehead atoms. The van der Waals surface area contributed by atoms with Crippen molar-refractivity contribution in [1.82, 2.24) is 0 Å². The number of aromatic nitrogens is 1. The topological polar surface area (TPSA) is 28.8 Å². The van der Waals surface area contributed by atoms with E-state index in [4.69, 9.17) is 9.47 Å². The smallest absolute Gasteiger partial charge is 0.252 e. The summed E-state index contributed by atoms with van der Waals surface area (Å²) in [5.41, 5.74) is 21.2. The van der Waals surface area contributed by atoms with Gasteiger partial charge in [0.15, 0.2) is 29.2 Å². The average molecular weight is 855 g/mol. The molecular weight excluding hydrogens is 793 g/mol. The van der Waals surface area contributed by atoms with Gasteiger partial charge < -0.3 is 19.3 Å². The van der Waals surface area contributed by atoms with Gasteiger partial charge >= 0.3 is 0 Å². The fourth-order valence-corrected chi connectivity index (χ4v) is 10.5. The van der Waals surface area contributed by atoms with Crippen LogP contribution in [0.25, 0.3) is 22.4 Å². The van der Waals surface area contributed by atoms with Crippen LogP contribution in [-0.4, -0.2) is 6.71 Å². The van der Waals surface area contributed by atoms with E-state index in [1.165, 1.54) is 72.4 Å². The lowest BCUT2D eigenvalue weighted by molar-refractivity contribution is -0.660. The lowest BCUT2D eigenvalue weighted by Crippen LogP contribution is -2.62. The minimum absolute atomic E-state index is 0.0489. The molecule has 65 heavy (non-hydrogen) atoms. The molecule has 5 heterocycles. The first kappa shape index (κ1) is 41.4. The van der Waals surface area contributed by atoms with Crippen molar-refractivity contribution in [2.24, 2.45) is 7.05 Å². The van der Waals surface area contributed by atoms with Gasteiger partial charge in [-0.05, 0) is 145 Å². The van der Waals surface area contributed by atoms with Crippen LogP contribution in [0, 0.1) is 6.92 Å². The third-order valence-corrected chi connectivity index (χ3v) is 14.4. The molecule has 0 radical (unpaired) electrons. The van der Waals surface area contributed by atoms with Gasteiger partial charge in [0.1, 0.15) is 7.05 Å². The first-order valence-corrected chi connectivity index (χ1v) is 23.4. The molecule has 0 saturated heterocycles. The minimum atomic E-state index is -0.124. The van der Waals surface area contributed by atoms with Gasteiger partial charge in [-0.1, -0.05) is 119 Å². The van der Waals surface area contributed by atoms with Crippen molar-refractivity contribution in [2.75, 3.05) is 9.80 Å². The van der Waals surface area contributed by atoms with E-state index >= 15 is 0 Å². The summed E-state index contributed by atoms with van der Waals surface area (Å²) in [5, 5.41) is 0. The largest absolute Gasteiger partial charge is 0.453 e. The fourth-order valence-electron chi connectivity index (χ4n) is 10.5. The molecule has 0 amide bonds. The lowest BCUT2D eigenvalue weighted by Gasteiger charge is -2.48. The summed E-state index contributed by atoms with van der Waals surface area (Å²) in [6, 6.07) is 41.6. The molecule has 0 saturated carbocycles. The summed E-state index contributed by atoms with van der Waals surface area (Å²) >= 11 is 0. The summed E-state index contributed by atoms with van der Waals surface area (Å²) in [5.74, 6) is 3.57. The molecule has 6 aromatic carbocycles. The number of rotatable bonds is 2. The second-order valence-electron chi connectivity index (χ2n) is 23.2. The number of ether oxygens (including phenoxy) is 2. The molecule has 0 fully saturated rings. The molecule has 0 N–H and O–H groups in total. The number of nitrogens with zero attached hydrogens (tertiary/aromatic N) is 3. The Labute approximate surface area is 386 Å². The van der Waals surface area contributed by atoms with Crippen molar-refractivity contribution >= 4 is 57.2 Å². The Bertz CT molecular complexity index is 3030. The van der Waals surface area contributed by atoms with Crippen LogP contribution < -0.4 is 40.2 Å². The molecule has 326 valence electrons. The van der Waals surface area contributed by atoms with Crippen LogP contribution in [0.3, 0.4) is 0 Å². The standard InChI is InChI=1S/C59H61BN3O2/c1-34-25-35(18-21-41(34)44-17-15-16-24-61(44)14)36-26-47-53-48(27-36)63-46-23-20-38(57(5,6)7)31-50(46)65-52-33-40(59(11,12)13)29-43(55(52)63)60(53)42-28-39(58(8,9)10)32-51-54(42)62(47)45-22-19-37(56(2,3)4)30-49(45)64-51/h15-33H,1-14H3/q+1. The van der Waals surface area contributed by atoms with Gasteiger partial charge in [-0.25, -0.2) is 4.57 Å². The van der Waals surface area contributed by atoms with Crippen LogP contribution in [0.2, 0.25) is 0 Å². The Morgan fingerprint density at radius 2 is 0.938 bits per heavy atom. The van der Waals surface area contributed by atoms with Crippen molar-refractivity contribution in [2.45, 2.75) is 112 Å². The number of pyridine rings is 1. The van der Waals surface area contributed by atoms with Crippen LogP contribution >= 0.6 is 0 Å². The lowest BCUT2D eigenvalue weighted by atomic mass is 9.33. The molecule has 7 aromatic rings. The highest BCUT2D eigenvalue weighted by atomic mass is 16.5. The van der Waals surface area contributed by atoms with Crippen LogP contribution in [0.1, 0.15) is 111 Å². The molecule has 0 atom stereocenters. The predicted molar refractivity (Wildman–Crippen MR) is 272 cm³/mol. The summed E-state index contributed by atoms with van der Waals surface area (Å²) in [6.45, 7) is 29.7. The maximum Gasteiger partial charge on any atom is 0.252 e. The average Bonchev–Trinajstić information content (AvgIpc) is 3.23. The first-order valence-electron chi connectivity index (χ1n) is 23.4. The number of anilines is 6. The van der Waals surface area contributed by atoms with Gasteiger partial charge in [-0.2, -0.15) is 0 Å². The Morgan fingerprint density at radius 1 is 0.462 bits per heavy atom. The SMILES string of the molecule is Cc1cc(-c2cc3c4c(c2)N2c5ccc(C(C)(C)C)cc5Oc5cc(C(C)(C)C)cc(c52)B4c2cc(C(C)(C)C)cc4c2N3c2ccc(C(C)(C)C)cc2O4)ccc1-c1cccc[n+]1C. The van der Waals surface area contributed by atoms with E-state index in [1.54, 1.807) is 0 Å². The normalized spacial score (nSPS) is 14.5. The van der Waals surface area contributed by atoms with Crippen LogP contribution in [0.5, 0.6) is 23.0 Å². The second-order valence-corrected chi connectivity index (χ2v) is 23.2. The third kappa shape index (κ3) is 6.37. The van der Waals surface area contributed by atoms with E-state index in [0.29, 0.717) is 0 Å². The molecule has 11 rings (SSSR count). The summed E-state index contributed by atoms with van der Waals surface area (Å²) in [7, 11) is 2.12. The van der Waals surface area contributed by atoms with E-state index in [-0.39, 0.29) is 28.4 Å². The zero-order chi connectivity index (χ0) is 45.9. The monoisotopic (exact) mass is 854 g/mol. The zero-order valence-electron chi connectivity index (χ0n) is 40.7. The molecule has 4 aliphatic heterocycles. The number of benzene rings is 6. The summed E-state index contributed by atoms with van der Waals surface area (Å²) in [6.07, 6.45) is 2.12. The Kier molecular flexibility index (Phi) is 8.69. The van der Waals surface area contributed by atoms with Crippen molar-refractivity contribution in [1.29, 1.82) is 0 Å². The quantitative estimate of drug-likeness (QED) is 0.128. The molecule has 0 spiro atoms. The van der Waals surface area contributed by atoms with E-state index in [1.807, 2.05) is 0 Å². The Hall–Kier alpha value is -6.27. The van der Waals surface area contributed by atoms with Gasteiger partial charge in [0.2, 0.25) is 5.69 Å². The van der Waals surface area contributed by atoms with Crippen LogP contribution in [-0.2, 0) is 28.7 Å². The summed E-state index contributed by atoms with van der Waals surface area (Å²) in [4.78, 5) is 5.08. The van der Waals surface area contributed by atoms with E-state index in [9.17, 15) is 0 Å². The minimum Gasteiger partial charge on any atom is -0.453 e. The third-order valence-electron chi connectivity index (χ3n) is 14.4. The highest BCUT2D eigenvalue weighted by molar-refractivity contribution is 7.00. The number of hydrogen-bond donors (Lipinski definition) is 0. The molecule has 6 heteroatoms. The maximum atomic E-state index is 7.20. The van der Waals surface area contributed by atoms with Crippen molar-refractivity contribution < 1.29 is 14.0 Å². The number of fused-ring (bicyclic) bond motifs is 8. The van der Waals surface area contributed by atoms with Crippen LogP contribution in [0.15, 0.2) is 115 Å². The van der Waals surface area contributed by atoms with Gasteiger partial charge in [0, 0.05) is 29.1 Å². The second kappa shape index (κ2) is 13.6. The number of hydrogen-bond acceptors (Lipinski definition) is 4. The Morgan fingerprint density at radius 3 is 1.38 bits per heavy atom. The van der Waals surface area contributed by atoms with Crippen molar-refractivity contribution in [3.63, 3.8) is 0 Å². The molecular formula is C59H61BN3O2+. The Balaban J connectivity index is 1.26. The van der Waals surface area contributed by atoms with E-state index in [0.717, 1.165) is 51.3 Å². The van der Waals surface area contributed by atoms with Crippen LogP contribution in [0.4, 0.5) is 34.1 Å². The van der Waals surface area contributed by atoms with Crippen molar-refractivity contribution in [3.05, 3.63) is 143 Å². The molecule has 5 nitrogen and oxygen atoms in total. The predicted octanol–water partition coefficient (Wildman–Crippen LogP) is 13.6. The van der Waals surface area contributed by atoms with Gasteiger partial charge in [-0.3, -0.25) is 0 Å². The summed E-state index contributed by atoms with van der Waals surface area (Å²) < 4.78 is 16.6. The molecule has 1 aromatic heterocycles. The van der Waals surface area contributed by atoms with Crippen molar-refractivity contribution in [3.8, 4) is 45.4 Å². The highest BCUT2D eigenvalue weighted by Gasteiger charge is 2.49. The zero-order valence-corrected chi connectivity index (χ0v) is 40.7. The van der Waals surface area contributed by atoms with Gasteiger partial charge in [0.05, 0.1) is 22.7 Å². The van der Waals surface area contributed by atoms with Gasteiger partial charge in [0.25, 0.3) is 6.71 Å². The highest BCUT2D eigenvalue weighted by Crippen LogP contribution is 2.58. The van der Waals surface area contributed by atoms with Gasteiger partial charge in [-0.15, -0.1) is 0 Å². The maximum absolute atomic E-state index is 7.20. The number of aryl methyl sites for hydroxylation is 2.